The molecule has 1 amide bonds. The first-order valence-corrected chi connectivity index (χ1v) is 10.1. The lowest BCUT2D eigenvalue weighted by molar-refractivity contribution is -0.139. The molecule has 3 aromatic carbocycles. The van der Waals surface area contributed by atoms with Crippen LogP contribution in [0.25, 0.3) is 0 Å². The fourth-order valence-electron chi connectivity index (χ4n) is 3.24. The Kier molecular flexibility index (Phi) is 6.98. The summed E-state index contributed by atoms with van der Waals surface area (Å²) in [5.41, 5.74) is 2.88. The number of hydrogen-bond acceptors (Lipinski definition) is 4. The van der Waals surface area contributed by atoms with Gasteiger partial charge in [-0.05, 0) is 25.5 Å². The SMILES string of the molecule is Cc1ccc(C(=O)c2ccccc2C(=O)OC(C)C(=O)N(C)Cc2ccccc2)cc1. The van der Waals surface area contributed by atoms with Crippen LogP contribution in [0.3, 0.4) is 0 Å². The molecule has 3 rings (SSSR count). The number of ether oxygens (including phenoxy) is 1. The zero-order valence-corrected chi connectivity index (χ0v) is 17.9. The van der Waals surface area contributed by atoms with Gasteiger partial charge in [0.2, 0.25) is 0 Å². The molecule has 0 bridgehead atoms. The summed E-state index contributed by atoms with van der Waals surface area (Å²) in [6.45, 7) is 3.88. The molecule has 0 fully saturated rings. The normalized spacial score (nSPS) is 11.5. The Morgan fingerprint density at radius 1 is 0.839 bits per heavy atom. The molecule has 3 aromatic rings. The largest absolute Gasteiger partial charge is 0.449 e. The van der Waals surface area contributed by atoms with Crippen LogP contribution in [0.4, 0.5) is 0 Å². The van der Waals surface area contributed by atoms with Crippen molar-refractivity contribution in [3.05, 3.63) is 107 Å². The van der Waals surface area contributed by atoms with Gasteiger partial charge in [-0.2, -0.15) is 0 Å². The highest BCUT2D eigenvalue weighted by Gasteiger charge is 2.25. The molecule has 31 heavy (non-hydrogen) atoms. The van der Waals surface area contributed by atoms with Crippen LogP contribution in [0.15, 0.2) is 78.9 Å². The van der Waals surface area contributed by atoms with Crippen molar-refractivity contribution in [3.63, 3.8) is 0 Å². The van der Waals surface area contributed by atoms with Crippen molar-refractivity contribution < 1.29 is 19.1 Å². The van der Waals surface area contributed by atoms with Crippen molar-refractivity contribution in [2.24, 2.45) is 0 Å². The highest BCUT2D eigenvalue weighted by atomic mass is 16.5. The minimum atomic E-state index is -0.983. The molecule has 0 aromatic heterocycles. The van der Waals surface area contributed by atoms with Gasteiger partial charge in [-0.3, -0.25) is 9.59 Å². The average molecular weight is 415 g/mol. The Morgan fingerprint density at radius 2 is 1.42 bits per heavy atom. The van der Waals surface area contributed by atoms with Gasteiger partial charge in [0.1, 0.15) is 0 Å². The molecule has 0 aliphatic carbocycles. The minimum Gasteiger partial charge on any atom is -0.449 e. The van der Waals surface area contributed by atoms with Crippen molar-refractivity contribution in [3.8, 4) is 0 Å². The van der Waals surface area contributed by atoms with Crippen LogP contribution in [0.5, 0.6) is 0 Å². The number of hydrogen-bond donors (Lipinski definition) is 0. The van der Waals surface area contributed by atoms with E-state index in [1.165, 1.54) is 17.9 Å². The van der Waals surface area contributed by atoms with E-state index in [1.54, 1.807) is 37.4 Å². The number of benzene rings is 3. The van der Waals surface area contributed by atoms with Crippen LogP contribution < -0.4 is 0 Å². The number of amides is 1. The molecule has 0 saturated carbocycles. The second-order valence-electron chi connectivity index (χ2n) is 7.47. The first-order valence-electron chi connectivity index (χ1n) is 10.1. The molecule has 0 aliphatic rings. The third-order valence-corrected chi connectivity index (χ3v) is 4.98. The van der Waals surface area contributed by atoms with Crippen LogP contribution in [0, 0.1) is 6.92 Å². The third kappa shape index (κ3) is 5.45. The minimum absolute atomic E-state index is 0.137. The Labute approximate surface area is 182 Å². The van der Waals surface area contributed by atoms with Gasteiger partial charge >= 0.3 is 5.97 Å². The predicted molar refractivity (Wildman–Crippen MR) is 119 cm³/mol. The Morgan fingerprint density at radius 3 is 2.06 bits per heavy atom. The number of likely N-dealkylation sites (N-methyl/N-ethyl adjacent to an activating group) is 1. The molecule has 0 spiro atoms. The fraction of sp³-hybridized carbons (Fsp3) is 0.192. The summed E-state index contributed by atoms with van der Waals surface area (Å²) in [5.74, 6) is -1.29. The van der Waals surface area contributed by atoms with Gasteiger partial charge in [-0.15, -0.1) is 0 Å². The number of carbonyl (C=O) groups excluding carboxylic acids is 3. The molecule has 0 aliphatic heterocycles. The van der Waals surface area contributed by atoms with Crippen LogP contribution in [-0.2, 0) is 16.1 Å². The van der Waals surface area contributed by atoms with E-state index in [0.717, 1.165) is 11.1 Å². The molecule has 0 radical (unpaired) electrons. The van der Waals surface area contributed by atoms with Gasteiger partial charge in [0.15, 0.2) is 11.9 Å². The number of ketones is 1. The van der Waals surface area contributed by atoms with Gasteiger partial charge in [0.05, 0.1) is 5.56 Å². The Hall–Kier alpha value is -3.73. The summed E-state index contributed by atoms with van der Waals surface area (Å²) >= 11 is 0. The maximum atomic E-state index is 12.9. The second-order valence-corrected chi connectivity index (χ2v) is 7.47. The van der Waals surface area contributed by atoms with Gasteiger partial charge in [0.25, 0.3) is 5.91 Å². The summed E-state index contributed by atoms with van der Waals surface area (Å²) in [4.78, 5) is 39.9. The zero-order valence-electron chi connectivity index (χ0n) is 17.9. The predicted octanol–water partition coefficient (Wildman–Crippen LogP) is 4.43. The standard InChI is InChI=1S/C26H25NO4/c1-18-13-15-21(16-14-18)24(28)22-11-7-8-12-23(22)26(30)31-19(2)25(29)27(3)17-20-9-5-4-6-10-20/h4-16,19H,17H2,1-3H3. The van der Waals surface area contributed by atoms with E-state index < -0.39 is 12.1 Å². The molecule has 158 valence electrons. The van der Waals surface area contributed by atoms with E-state index in [9.17, 15) is 14.4 Å². The lowest BCUT2D eigenvalue weighted by Gasteiger charge is -2.22. The van der Waals surface area contributed by atoms with E-state index in [1.807, 2.05) is 49.4 Å². The Balaban J connectivity index is 1.72. The lowest BCUT2D eigenvalue weighted by atomic mass is 9.98. The molecule has 1 atom stereocenters. The van der Waals surface area contributed by atoms with Crippen LogP contribution in [0.2, 0.25) is 0 Å². The molecular weight excluding hydrogens is 390 g/mol. The summed E-state index contributed by atoms with van der Waals surface area (Å²) in [5, 5.41) is 0. The van der Waals surface area contributed by atoms with Gasteiger partial charge in [0, 0.05) is 24.7 Å². The third-order valence-electron chi connectivity index (χ3n) is 4.98. The highest BCUT2D eigenvalue weighted by molar-refractivity contribution is 6.14. The number of nitrogens with zero attached hydrogens (tertiary/aromatic N) is 1. The second kappa shape index (κ2) is 9.85. The van der Waals surface area contributed by atoms with Crippen molar-refractivity contribution in [2.45, 2.75) is 26.5 Å². The molecule has 1 unspecified atom stereocenters. The molecule has 0 saturated heterocycles. The number of esters is 1. The molecular formula is C26H25NO4. The highest BCUT2D eigenvalue weighted by Crippen LogP contribution is 2.17. The topological polar surface area (TPSA) is 63.7 Å². The van der Waals surface area contributed by atoms with E-state index >= 15 is 0 Å². The monoisotopic (exact) mass is 415 g/mol. The molecule has 5 nitrogen and oxygen atoms in total. The zero-order chi connectivity index (χ0) is 22.4. The fourth-order valence-corrected chi connectivity index (χ4v) is 3.24. The van der Waals surface area contributed by atoms with E-state index in [0.29, 0.717) is 12.1 Å². The molecule has 5 heteroatoms. The molecule has 0 heterocycles. The van der Waals surface area contributed by atoms with Gasteiger partial charge < -0.3 is 9.64 Å². The van der Waals surface area contributed by atoms with Crippen LogP contribution in [0.1, 0.15) is 44.3 Å². The summed E-state index contributed by atoms with van der Waals surface area (Å²) in [7, 11) is 1.66. The summed E-state index contributed by atoms with van der Waals surface area (Å²) < 4.78 is 5.42. The van der Waals surface area contributed by atoms with Crippen LogP contribution >= 0.6 is 0 Å². The Bertz CT molecular complexity index is 1070. The van der Waals surface area contributed by atoms with Crippen molar-refractivity contribution >= 4 is 17.7 Å². The number of carbonyl (C=O) groups is 3. The lowest BCUT2D eigenvalue weighted by Crippen LogP contribution is -2.37. The number of aryl methyl sites for hydroxylation is 1. The number of rotatable bonds is 7. The van der Waals surface area contributed by atoms with Gasteiger partial charge in [-0.1, -0.05) is 78.4 Å². The van der Waals surface area contributed by atoms with Crippen molar-refractivity contribution in [1.82, 2.24) is 4.90 Å². The van der Waals surface area contributed by atoms with Gasteiger partial charge in [-0.25, -0.2) is 4.79 Å². The summed E-state index contributed by atoms with van der Waals surface area (Å²) in [6, 6.07) is 23.2. The van der Waals surface area contributed by atoms with Crippen molar-refractivity contribution in [1.29, 1.82) is 0 Å². The maximum Gasteiger partial charge on any atom is 0.339 e. The van der Waals surface area contributed by atoms with Crippen LogP contribution in [-0.4, -0.2) is 35.7 Å². The first-order chi connectivity index (χ1) is 14.9. The van der Waals surface area contributed by atoms with E-state index in [-0.39, 0.29) is 22.8 Å². The van der Waals surface area contributed by atoms with E-state index in [2.05, 4.69) is 0 Å². The smallest absolute Gasteiger partial charge is 0.339 e. The molecule has 0 N–H and O–H groups in total. The maximum absolute atomic E-state index is 12.9. The average Bonchev–Trinajstić information content (AvgIpc) is 2.79. The quantitative estimate of drug-likeness (QED) is 0.423. The summed E-state index contributed by atoms with van der Waals surface area (Å²) in [6.07, 6.45) is -0.983. The van der Waals surface area contributed by atoms with E-state index in [4.69, 9.17) is 4.74 Å². The first kappa shape index (κ1) is 22.0. The van der Waals surface area contributed by atoms with Crippen molar-refractivity contribution in [2.75, 3.05) is 7.05 Å².